The van der Waals surface area contributed by atoms with Crippen LogP contribution < -0.4 is 10.1 Å². The van der Waals surface area contributed by atoms with Gasteiger partial charge in [-0.1, -0.05) is 6.92 Å². The number of carbonyl (C=O) groups is 1. The summed E-state index contributed by atoms with van der Waals surface area (Å²) in [6, 6.07) is 4.18. The van der Waals surface area contributed by atoms with Crippen molar-refractivity contribution in [2.45, 2.75) is 30.7 Å². The highest BCUT2D eigenvalue weighted by molar-refractivity contribution is 7.89. The van der Waals surface area contributed by atoms with E-state index in [0.717, 1.165) is 19.4 Å². The predicted octanol–water partition coefficient (Wildman–Crippen LogP) is 1.24. The number of nitrogens with one attached hydrogen (secondary N) is 1. The van der Waals surface area contributed by atoms with E-state index in [1.165, 1.54) is 36.7 Å². The number of esters is 1. The fourth-order valence-electron chi connectivity index (χ4n) is 2.86. The Kier molecular flexibility index (Phi) is 6.20. The molecule has 0 aromatic heterocycles. The molecule has 1 aliphatic heterocycles. The number of carbonyl (C=O) groups excluding carboxylic acids is 1. The van der Waals surface area contributed by atoms with Crippen LogP contribution in [0.3, 0.4) is 0 Å². The van der Waals surface area contributed by atoms with Gasteiger partial charge in [0.15, 0.2) is 0 Å². The van der Waals surface area contributed by atoms with Crippen LogP contribution in [-0.4, -0.2) is 58.6 Å². The van der Waals surface area contributed by atoms with Gasteiger partial charge in [0.1, 0.15) is 10.6 Å². The number of hydrogen-bond donors (Lipinski definition) is 1. The number of ether oxygens (including phenoxy) is 2. The first-order valence-corrected chi connectivity index (χ1v) is 9.38. The molecule has 1 fully saturated rings. The van der Waals surface area contributed by atoms with Crippen LogP contribution in [0, 0.1) is 0 Å². The monoisotopic (exact) mass is 356 g/mol. The molecule has 7 nitrogen and oxygen atoms in total. The second-order valence-corrected chi connectivity index (χ2v) is 7.48. The van der Waals surface area contributed by atoms with Gasteiger partial charge < -0.3 is 14.8 Å². The summed E-state index contributed by atoms with van der Waals surface area (Å²) in [4.78, 5) is 11.7. The Morgan fingerprint density at radius 2 is 2.12 bits per heavy atom. The average Bonchev–Trinajstić information content (AvgIpc) is 3.12. The maximum absolute atomic E-state index is 13.1. The van der Waals surface area contributed by atoms with Crippen molar-refractivity contribution in [1.29, 1.82) is 0 Å². The lowest BCUT2D eigenvalue weighted by Gasteiger charge is -2.28. The zero-order chi connectivity index (χ0) is 17.7. The summed E-state index contributed by atoms with van der Waals surface area (Å²) < 4.78 is 37.7. The summed E-state index contributed by atoms with van der Waals surface area (Å²) in [7, 11) is -1.06. The van der Waals surface area contributed by atoms with Gasteiger partial charge in [0, 0.05) is 19.1 Å². The molecule has 1 aromatic rings. The molecule has 134 valence electrons. The largest absolute Gasteiger partial charge is 0.495 e. The molecule has 1 saturated heterocycles. The second-order valence-electron chi connectivity index (χ2n) is 5.62. The first-order valence-electron chi connectivity index (χ1n) is 7.94. The highest BCUT2D eigenvalue weighted by atomic mass is 32.2. The summed E-state index contributed by atoms with van der Waals surface area (Å²) >= 11 is 0. The van der Waals surface area contributed by atoms with Crippen LogP contribution in [-0.2, 0) is 14.8 Å². The van der Waals surface area contributed by atoms with E-state index in [2.05, 4.69) is 10.1 Å². The standard InChI is InChI=1S/C16H24N2O5S/c1-4-9-18(13-7-8-17-11-13)24(20,21)15-6-5-12(16(19)23-3)10-14(15)22-2/h5-6,10,13,17H,4,7-9,11H2,1-3H3. The van der Waals surface area contributed by atoms with E-state index < -0.39 is 16.0 Å². The van der Waals surface area contributed by atoms with Gasteiger partial charge in [0.25, 0.3) is 0 Å². The van der Waals surface area contributed by atoms with E-state index in [4.69, 9.17) is 4.74 Å². The van der Waals surface area contributed by atoms with E-state index in [0.29, 0.717) is 13.1 Å². The molecule has 1 aliphatic rings. The molecule has 24 heavy (non-hydrogen) atoms. The van der Waals surface area contributed by atoms with E-state index >= 15 is 0 Å². The topological polar surface area (TPSA) is 84.9 Å². The number of hydrogen-bond acceptors (Lipinski definition) is 6. The van der Waals surface area contributed by atoms with Crippen LogP contribution in [0.15, 0.2) is 23.1 Å². The summed E-state index contributed by atoms with van der Waals surface area (Å²) in [5.74, 6) is -0.396. The number of rotatable bonds is 7. The van der Waals surface area contributed by atoms with E-state index in [1.54, 1.807) is 0 Å². The maximum atomic E-state index is 13.1. The third kappa shape index (κ3) is 3.71. The molecule has 1 atom stereocenters. The quantitative estimate of drug-likeness (QED) is 0.740. The number of nitrogens with zero attached hydrogens (tertiary/aromatic N) is 1. The lowest BCUT2D eigenvalue weighted by Crippen LogP contribution is -2.42. The van der Waals surface area contributed by atoms with Gasteiger partial charge in [0.05, 0.1) is 19.8 Å². The number of methoxy groups -OCH3 is 2. The summed E-state index contributed by atoms with van der Waals surface area (Å²) in [5.41, 5.74) is 0.248. The van der Waals surface area contributed by atoms with E-state index in [-0.39, 0.29) is 22.3 Å². The van der Waals surface area contributed by atoms with Crippen LogP contribution in [0.25, 0.3) is 0 Å². The third-order valence-corrected chi connectivity index (χ3v) is 6.05. The Bertz CT molecular complexity index is 684. The van der Waals surface area contributed by atoms with Crippen molar-refractivity contribution in [2.75, 3.05) is 33.9 Å². The molecule has 0 bridgehead atoms. The second kappa shape index (κ2) is 7.96. The lowest BCUT2D eigenvalue weighted by atomic mass is 10.2. The Hall–Kier alpha value is -1.64. The van der Waals surface area contributed by atoms with Crippen molar-refractivity contribution in [3.8, 4) is 5.75 Å². The zero-order valence-corrected chi connectivity index (χ0v) is 15.1. The molecule has 0 spiro atoms. The highest BCUT2D eigenvalue weighted by Crippen LogP contribution is 2.30. The van der Waals surface area contributed by atoms with Gasteiger partial charge in [0.2, 0.25) is 10.0 Å². The van der Waals surface area contributed by atoms with Crippen LogP contribution in [0.2, 0.25) is 0 Å². The predicted molar refractivity (Wildman–Crippen MR) is 89.8 cm³/mol. The van der Waals surface area contributed by atoms with E-state index in [9.17, 15) is 13.2 Å². The zero-order valence-electron chi connectivity index (χ0n) is 14.2. The Balaban J connectivity index is 2.44. The van der Waals surface area contributed by atoms with Crippen molar-refractivity contribution >= 4 is 16.0 Å². The minimum absolute atomic E-state index is 0.0676. The molecule has 1 N–H and O–H groups in total. The third-order valence-electron chi connectivity index (χ3n) is 4.06. The molecule has 1 unspecified atom stereocenters. The van der Waals surface area contributed by atoms with E-state index in [1.807, 2.05) is 6.92 Å². The molecule has 0 saturated carbocycles. The molecule has 1 aromatic carbocycles. The molecule has 0 amide bonds. The fourth-order valence-corrected chi connectivity index (χ4v) is 4.74. The first-order chi connectivity index (χ1) is 11.5. The van der Waals surface area contributed by atoms with Crippen LogP contribution >= 0.6 is 0 Å². The van der Waals surface area contributed by atoms with Gasteiger partial charge >= 0.3 is 5.97 Å². The highest BCUT2D eigenvalue weighted by Gasteiger charge is 2.34. The number of benzene rings is 1. The normalized spacial score (nSPS) is 17.9. The van der Waals surface area contributed by atoms with Crippen molar-refractivity contribution in [3.05, 3.63) is 23.8 Å². The molecule has 2 rings (SSSR count). The summed E-state index contributed by atoms with van der Waals surface area (Å²) in [6.07, 6.45) is 1.50. The molecule has 1 heterocycles. The Labute approximate surface area is 143 Å². The lowest BCUT2D eigenvalue weighted by molar-refractivity contribution is 0.0600. The van der Waals surface area contributed by atoms with Crippen molar-refractivity contribution < 1.29 is 22.7 Å². The van der Waals surface area contributed by atoms with Gasteiger partial charge in [-0.15, -0.1) is 0 Å². The minimum atomic E-state index is -3.72. The molecule has 8 heteroatoms. The molecule has 0 aliphatic carbocycles. The number of sulfonamides is 1. The molecule has 0 radical (unpaired) electrons. The van der Waals surface area contributed by atoms with Crippen LogP contribution in [0.1, 0.15) is 30.1 Å². The summed E-state index contributed by atoms with van der Waals surface area (Å²) in [6.45, 7) is 3.83. The SMILES string of the molecule is CCCN(C1CCNC1)S(=O)(=O)c1ccc(C(=O)OC)cc1OC. The first kappa shape index (κ1) is 18.7. The fraction of sp³-hybridized carbons (Fsp3) is 0.562. The average molecular weight is 356 g/mol. The van der Waals surface area contributed by atoms with Crippen LogP contribution in [0.4, 0.5) is 0 Å². The van der Waals surface area contributed by atoms with Gasteiger partial charge in [-0.2, -0.15) is 4.31 Å². The summed E-state index contributed by atoms with van der Waals surface area (Å²) in [5, 5.41) is 3.20. The smallest absolute Gasteiger partial charge is 0.337 e. The van der Waals surface area contributed by atoms with Crippen molar-refractivity contribution in [1.82, 2.24) is 9.62 Å². The molecular weight excluding hydrogens is 332 g/mol. The van der Waals surface area contributed by atoms with Gasteiger partial charge in [-0.3, -0.25) is 0 Å². The van der Waals surface area contributed by atoms with Gasteiger partial charge in [-0.05, 0) is 37.6 Å². The maximum Gasteiger partial charge on any atom is 0.337 e. The minimum Gasteiger partial charge on any atom is -0.495 e. The van der Waals surface area contributed by atoms with Gasteiger partial charge in [-0.25, -0.2) is 13.2 Å². The molecular formula is C16H24N2O5S. The van der Waals surface area contributed by atoms with Crippen LogP contribution in [0.5, 0.6) is 5.75 Å². The Morgan fingerprint density at radius 3 is 2.67 bits per heavy atom. The van der Waals surface area contributed by atoms with Crippen molar-refractivity contribution in [2.24, 2.45) is 0 Å². The van der Waals surface area contributed by atoms with Crippen molar-refractivity contribution in [3.63, 3.8) is 0 Å². The Morgan fingerprint density at radius 1 is 1.38 bits per heavy atom.